The number of rotatable bonds is 3. The predicted octanol–water partition coefficient (Wildman–Crippen LogP) is -0.154. The Kier molecular flexibility index (Phi) is 2.90. The Morgan fingerprint density at radius 2 is 2.37 bits per heavy atom. The molecule has 2 aromatic heterocycles. The maximum absolute atomic E-state index is 4.54. The van der Waals surface area contributed by atoms with E-state index in [-0.39, 0.29) is 0 Å². The number of aromatic amines is 1. The second-order valence-corrected chi connectivity index (χ2v) is 4.50. The molecule has 3 heterocycles. The van der Waals surface area contributed by atoms with Crippen molar-refractivity contribution < 1.29 is 0 Å². The number of aliphatic imine (C=N–C) groups is 1. The molecule has 1 N–H and O–H groups in total. The molecule has 8 heteroatoms. The van der Waals surface area contributed by atoms with Crippen LogP contribution in [0.4, 0.5) is 5.82 Å². The van der Waals surface area contributed by atoms with Crippen molar-refractivity contribution in [1.29, 1.82) is 0 Å². The summed E-state index contributed by atoms with van der Waals surface area (Å²) in [5.74, 6) is 1.84. The molecule has 1 aliphatic rings. The summed E-state index contributed by atoms with van der Waals surface area (Å²) in [6, 6.07) is 1.99. The van der Waals surface area contributed by atoms with Crippen molar-refractivity contribution in [1.82, 2.24) is 30.1 Å². The van der Waals surface area contributed by atoms with E-state index in [1.807, 2.05) is 26.4 Å². The number of anilines is 1. The monoisotopic (exact) mass is 260 g/mol. The first kappa shape index (κ1) is 11.7. The zero-order valence-electron chi connectivity index (χ0n) is 11.0. The van der Waals surface area contributed by atoms with Gasteiger partial charge in [-0.05, 0) is 0 Å². The van der Waals surface area contributed by atoms with E-state index in [1.54, 1.807) is 10.9 Å². The summed E-state index contributed by atoms with van der Waals surface area (Å²) in [6.45, 7) is 2.31. The van der Waals surface area contributed by atoms with Crippen LogP contribution >= 0.6 is 0 Å². The molecule has 8 nitrogen and oxygen atoms in total. The van der Waals surface area contributed by atoms with Crippen molar-refractivity contribution in [3.63, 3.8) is 0 Å². The van der Waals surface area contributed by atoms with E-state index in [4.69, 9.17) is 0 Å². The molecule has 0 radical (unpaired) electrons. The molecule has 0 fully saturated rings. The first-order valence-electron chi connectivity index (χ1n) is 6.11. The number of nitrogens with one attached hydrogen (secondary N) is 1. The van der Waals surface area contributed by atoms with E-state index in [1.165, 1.54) is 0 Å². The third-order valence-corrected chi connectivity index (χ3v) is 3.00. The maximum atomic E-state index is 4.54. The molecule has 0 aliphatic carbocycles. The van der Waals surface area contributed by atoms with Crippen LogP contribution in [0.25, 0.3) is 0 Å². The average Bonchev–Trinajstić information content (AvgIpc) is 3.07. The molecule has 0 spiro atoms. The number of hydrogen-bond acceptors (Lipinski definition) is 6. The van der Waals surface area contributed by atoms with Crippen molar-refractivity contribution in [2.45, 2.75) is 6.54 Å². The second kappa shape index (κ2) is 4.71. The van der Waals surface area contributed by atoms with Gasteiger partial charge in [-0.1, -0.05) is 0 Å². The quantitative estimate of drug-likeness (QED) is 0.830. The van der Waals surface area contributed by atoms with Crippen LogP contribution in [-0.4, -0.2) is 56.2 Å². The SMILES string of the molecule is CN(Cc1cn[nH]n1)C1=NCCN1c1ccn(C)n1. The van der Waals surface area contributed by atoms with Gasteiger partial charge in [-0.2, -0.15) is 20.5 Å². The molecule has 0 saturated heterocycles. The van der Waals surface area contributed by atoms with Gasteiger partial charge in [0.25, 0.3) is 0 Å². The van der Waals surface area contributed by atoms with Crippen LogP contribution in [0.3, 0.4) is 0 Å². The molecule has 3 rings (SSSR count). The standard InChI is InChI=1S/C11H16N8/c1-17(8-9-7-13-16-14-9)11-12-4-6-19(11)10-3-5-18(2)15-10/h3,5,7H,4,6,8H2,1-2H3,(H,13,14,16). The van der Waals surface area contributed by atoms with Gasteiger partial charge in [0.15, 0.2) is 5.82 Å². The van der Waals surface area contributed by atoms with E-state index < -0.39 is 0 Å². The van der Waals surface area contributed by atoms with Gasteiger partial charge in [0.2, 0.25) is 5.96 Å². The summed E-state index contributed by atoms with van der Waals surface area (Å²) in [7, 11) is 3.91. The number of guanidine groups is 1. The number of aryl methyl sites for hydroxylation is 1. The van der Waals surface area contributed by atoms with Crippen molar-refractivity contribution in [2.24, 2.45) is 12.0 Å². The smallest absolute Gasteiger partial charge is 0.202 e. The van der Waals surface area contributed by atoms with Gasteiger partial charge in [-0.15, -0.1) is 0 Å². The minimum absolute atomic E-state index is 0.665. The van der Waals surface area contributed by atoms with E-state index in [2.05, 4.69) is 35.3 Å². The number of H-pyrrole nitrogens is 1. The molecule has 0 unspecified atom stereocenters. The van der Waals surface area contributed by atoms with Gasteiger partial charge in [0.1, 0.15) is 5.69 Å². The number of aromatic nitrogens is 5. The lowest BCUT2D eigenvalue weighted by molar-refractivity contribution is 0.484. The van der Waals surface area contributed by atoms with E-state index in [9.17, 15) is 0 Å². The lowest BCUT2D eigenvalue weighted by atomic mass is 10.4. The Labute approximate surface area is 110 Å². The second-order valence-electron chi connectivity index (χ2n) is 4.50. The zero-order valence-corrected chi connectivity index (χ0v) is 11.0. The summed E-state index contributed by atoms with van der Waals surface area (Å²) in [5.41, 5.74) is 0.887. The van der Waals surface area contributed by atoms with Gasteiger partial charge < -0.3 is 4.90 Å². The lowest BCUT2D eigenvalue weighted by Gasteiger charge is -2.25. The third-order valence-electron chi connectivity index (χ3n) is 3.00. The Morgan fingerprint density at radius 3 is 3.05 bits per heavy atom. The van der Waals surface area contributed by atoms with E-state index >= 15 is 0 Å². The Bertz CT molecular complexity index is 569. The fourth-order valence-corrected chi connectivity index (χ4v) is 2.14. The van der Waals surface area contributed by atoms with Crippen LogP contribution in [0.1, 0.15) is 5.69 Å². The molecule has 100 valence electrons. The fraction of sp³-hybridized carbons (Fsp3) is 0.455. The van der Waals surface area contributed by atoms with E-state index in [0.29, 0.717) is 6.54 Å². The topological polar surface area (TPSA) is 78.2 Å². The van der Waals surface area contributed by atoms with Gasteiger partial charge in [0.05, 0.1) is 19.3 Å². The summed E-state index contributed by atoms with van der Waals surface area (Å²) in [4.78, 5) is 8.71. The highest BCUT2D eigenvalue weighted by Crippen LogP contribution is 2.16. The molecule has 0 aromatic carbocycles. The van der Waals surface area contributed by atoms with Crippen LogP contribution in [0.15, 0.2) is 23.5 Å². The largest absolute Gasteiger partial charge is 0.340 e. The normalized spacial score (nSPS) is 14.8. The van der Waals surface area contributed by atoms with Crippen molar-refractivity contribution in [2.75, 3.05) is 25.0 Å². The summed E-state index contributed by atoms with van der Waals surface area (Å²) in [6.07, 6.45) is 3.65. The molecule has 0 atom stereocenters. The first-order chi connectivity index (χ1) is 9.24. The van der Waals surface area contributed by atoms with Crippen molar-refractivity contribution in [3.8, 4) is 0 Å². The molecule has 19 heavy (non-hydrogen) atoms. The minimum atomic E-state index is 0.665. The Balaban J connectivity index is 1.75. The maximum Gasteiger partial charge on any atom is 0.202 e. The highest BCUT2D eigenvalue weighted by molar-refractivity contribution is 5.96. The molecule has 0 bridgehead atoms. The summed E-state index contributed by atoms with van der Waals surface area (Å²) in [5, 5.41) is 14.9. The van der Waals surface area contributed by atoms with E-state index in [0.717, 1.165) is 30.6 Å². The van der Waals surface area contributed by atoms with Crippen LogP contribution in [0, 0.1) is 0 Å². The third kappa shape index (κ3) is 2.28. The number of nitrogens with zero attached hydrogens (tertiary/aromatic N) is 7. The molecule has 0 saturated carbocycles. The van der Waals surface area contributed by atoms with Crippen LogP contribution in [0.2, 0.25) is 0 Å². The average molecular weight is 260 g/mol. The molecular formula is C11H16N8. The van der Waals surface area contributed by atoms with Gasteiger partial charge in [-0.3, -0.25) is 14.6 Å². The molecule has 2 aromatic rings. The number of hydrogen-bond donors (Lipinski definition) is 1. The van der Waals surface area contributed by atoms with Crippen LogP contribution < -0.4 is 4.90 Å². The Hall–Kier alpha value is -2.38. The highest BCUT2D eigenvalue weighted by atomic mass is 15.4. The van der Waals surface area contributed by atoms with Crippen molar-refractivity contribution >= 4 is 11.8 Å². The first-order valence-corrected chi connectivity index (χ1v) is 6.11. The zero-order chi connectivity index (χ0) is 13.2. The summed E-state index contributed by atoms with van der Waals surface area (Å²) >= 11 is 0. The summed E-state index contributed by atoms with van der Waals surface area (Å²) < 4.78 is 1.79. The Morgan fingerprint density at radius 1 is 1.47 bits per heavy atom. The molecule has 0 amide bonds. The van der Waals surface area contributed by atoms with Crippen LogP contribution in [-0.2, 0) is 13.6 Å². The predicted molar refractivity (Wildman–Crippen MR) is 70.7 cm³/mol. The van der Waals surface area contributed by atoms with Gasteiger partial charge >= 0.3 is 0 Å². The highest BCUT2D eigenvalue weighted by Gasteiger charge is 2.24. The van der Waals surface area contributed by atoms with Crippen LogP contribution in [0.5, 0.6) is 0 Å². The lowest BCUT2D eigenvalue weighted by Crippen LogP contribution is -2.39. The molecule has 1 aliphatic heterocycles. The van der Waals surface area contributed by atoms with Crippen molar-refractivity contribution in [3.05, 3.63) is 24.2 Å². The molecular weight excluding hydrogens is 244 g/mol. The minimum Gasteiger partial charge on any atom is -0.340 e. The van der Waals surface area contributed by atoms with Gasteiger partial charge in [0, 0.05) is 32.9 Å². The van der Waals surface area contributed by atoms with Gasteiger partial charge in [-0.25, -0.2) is 0 Å². The fourth-order valence-electron chi connectivity index (χ4n) is 2.14.